The molecule has 2 amide bonds. The number of sulfonamides is 1. The Balaban J connectivity index is 1.39. The number of piperidine rings is 2. The van der Waals surface area contributed by atoms with Gasteiger partial charge in [-0.2, -0.15) is 4.31 Å². The average molecular weight is 488 g/mol. The summed E-state index contributed by atoms with van der Waals surface area (Å²) in [5.74, 6) is -1.02. The second-order valence-corrected chi connectivity index (χ2v) is 10.9. The minimum Gasteiger partial charge on any atom is -0.339 e. The molecule has 2 heterocycles. The number of hydrogen-bond donors (Lipinski definition) is 1. The number of hydrogen-bond acceptors (Lipinski definition) is 4. The molecule has 1 N–H and O–H groups in total. The highest BCUT2D eigenvalue weighted by Gasteiger charge is 2.29. The summed E-state index contributed by atoms with van der Waals surface area (Å²) in [7, 11) is -3.59. The number of aryl methyl sites for hydroxylation is 1. The van der Waals surface area contributed by atoms with E-state index < -0.39 is 15.8 Å². The van der Waals surface area contributed by atoms with Gasteiger partial charge in [0.25, 0.3) is 5.91 Å². The molecule has 2 fully saturated rings. The van der Waals surface area contributed by atoms with Crippen LogP contribution in [0.3, 0.4) is 0 Å². The molecule has 0 spiro atoms. The third-order valence-electron chi connectivity index (χ3n) is 6.66. The predicted molar refractivity (Wildman–Crippen MR) is 127 cm³/mol. The molecule has 0 bridgehead atoms. The highest BCUT2D eigenvalue weighted by atomic mass is 32.2. The van der Waals surface area contributed by atoms with E-state index in [1.54, 1.807) is 23.1 Å². The van der Waals surface area contributed by atoms with Crippen LogP contribution in [0.15, 0.2) is 47.4 Å². The maximum Gasteiger partial charge on any atom is 0.253 e. The zero-order valence-corrected chi connectivity index (χ0v) is 20.1. The first-order valence-electron chi connectivity index (χ1n) is 11.7. The standard InChI is InChI=1S/C25H30FN3O4S/c1-18-5-10-22(34(32,33)29-13-3-2-4-14-29)17-23(18)27-24(30)19-11-15-28(16-12-19)25(31)20-6-8-21(26)9-7-20/h5-10,17,19H,2-4,11-16H2,1H3,(H,27,30). The van der Waals surface area contributed by atoms with E-state index in [4.69, 9.17) is 0 Å². The number of carbonyl (C=O) groups excluding carboxylic acids is 2. The second kappa shape index (κ2) is 10.2. The van der Waals surface area contributed by atoms with Crippen molar-refractivity contribution in [3.05, 3.63) is 59.4 Å². The molecular formula is C25H30FN3O4S. The SMILES string of the molecule is Cc1ccc(S(=O)(=O)N2CCCCC2)cc1NC(=O)C1CCN(C(=O)c2ccc(F)cc2)CC1. The van der Waals surface area contributed by atoms with Gasteiger partial charge in [-0.1, -0.05) is 12.5 Å². The van der Waals surface area contributed by atoms with Gasteiger partial charge in [-0.15, -0.1) is 0 Å². The molecule has 0 aliphatic carbocycles. The highest BCUT2D eigenvalue weighted by Crippen LogP contribution is 2.27. The van der Waals surface area contributed by atoms with Gasteiger partial charge in [0.05, 0.1) is 4.90 Å². The van der Waals surface area contributed by atoms with Crippen LogP contribution >= 0.6 is 0 Å². The molecule has 0 saturated carbocycles. The fourth-order valence-corrected chi connectivity index (χ4v) is 6.05. The third-order valence-corrected chi connectivity index (χ3v) is 8.56. The van der Waals surface area contributed by atoms with Gasteiger partial charge in [0.1, 0.15) is 5.82 Å². The van der Waals surface area contributed by atoms with Crippen LogP contribution in [0.2, 0.25) is 0 Å². The fraction of sp³-hybridized carbons (Fsp3) is 0.440. The zero-order valence-electron chi connectivity index (χ0n) is 19.3. The van der Waals surface area contributed by atoms with Crippen molar-refractivity contribution in [3.8, 4) is 0 Å². The number of likely N-dealkylation sites (tertiary alicyclic amines) is 1. The number of nitrogens with zero attached hydrogens (tertiary/aromatic N) is 2. The molecule has 2 saturated heterocycles. The van der Waals surface area contributed by atoms with Crippen molar-refractivity contribution >= 4 is 27.5 Å². The Morgan fingerprint density at radius 1 is 0.941 bits per heavy atom. The quantitative estimate of drug-likeness (QED) is 0.695. The average Bonchev–Trinajstić information content (AvgIpc) is 2.86. The van der Waals surface area contributed by atoms with Crippen LogP contribution in [0, 0.1) is 18.7 Å². The molecule has 182 valence electrons. The second-order valence-electron chi connectivity index (χ2n) is 9.00. The van der Waals surface area contributed by atoms with Crippen LogP contribution in [0.5, 0.6) is 0 Å². The smallest absolute Gasteiger partial charge is 0.253 e. The molecule has 2 aromatic rings. The van der Waals surface area contributed by atoms with E-state index in [1.165, 1.54) is 28.6 Å². The molecule has 34 heavy (non-hydrogen) atoms. The van der Waals surface area contributed by atoms with E-state index in [0.717, 1.165) is 24.8 Å². The summed E-state index contributed by atoms with van der Waals surface area (Å²) in [5.41, 5.74) is 1.70. The van der Waals surface area contributed by atoms with Crippen molar-refractivity contribution in [3.63, 3.8) is 0 Å². The number of anilines is 1. The highest BCUT2D eigenvalue weighted by molar-refractivity contribution is 7.89. The van der Waals surface area contributed by atoms with Crippen LogP contribution in [0.1, 0.15) is 48.0 Å². The van der Waals surface area contributed by atoms with Crippen molar-refractivity contribution in [2.75, 3.05) is 31.5 Å². The van der Waals surface area contributed by atoms with E-state index in [1.807, 2.05) is 6.92 Å². The minimum atomic E-state index is -3.59. The van der Waals surface area contributed by atoms with Crippen molar-refractivity contribution in [2.45, 2.75) is 43.9 Å². The topological polar surface area (TPSA) is 86.8 Å². The molecule has 0 aromatic heterocycles. The first-order chi connectivity index (χ1) is 16.3. The Labute approximate surface area is 200 Å². The molecule has 0 atom stereocenters. The lowest BCUT2D eigenvalue weighted by Gasteiger charge is -2.31. The molecule has 0 unspecified atom stereocenters. The van der Waals surface area contributed by atoms with Crippen LogP contribution in [-0.2, 0) is 14.8 Å². The Morgan fingerprint density at radius 3 is 2.24 bits per heavy atom. The van der Waals surface area contributed by atoms with Crippen molar-refractivity contribution < 1.29 is 22.4 Å². The number of carbonyl (C=O) groups is 2. The van der Waals surface area contributed by atoms with Crippen LogP contribution in [0.4, 0.5) is 10.1 Å². The zero-order chi connectivity index (χ0) is 24.3. The number of amides is 2. The lowest BCUT2D eigenvalue weighted by Crippen LogP contribution is -2.41. The Hall–Kier alpha value is -2.78. The number of rotatable bonds is 5. The molecule has 9 heteroatoms. The third kappa shape index (κ3) is 5.31. The largest absolute Gasteiger partial charge is 0.339 e. The Morgan fingerprint density at radius 2 is 1.59 bits per heavy atom. The van der Waals surface area contributed by atoms with Gasteiger partial charge < -0.3 is 10.2 Å². The van der Waals surface area contributed by atoms with Gasteiger partial charge in [0.2, 0.25) is 15.9 Å². The molecule has 4 rings (SSSR count). The minimum absolute atomic E-state index is 0.176. The van der Waals surface area contributed by atoms with Crippen molar-refractivity contribution in [1.29, 1.82) is 0 Å². The van der Waals surface area contributed by atoms with E-state index >= 15 is 0 Å². The van der Waals surface area contributed by atoms with Gasteiger partial charge in [0, 0.05) is 43.3 Å². The summed E-state index contributed by atoms with van der Waals surface area (Å²) in [6.45, 7) is 3.73. The normalized spacial score (nSPS) is 18.0. The van der Waals surface area contributed by atoms with Crippen molar-refractivity contribution in [1.82, 2.24) is 9.21 Å². The van der Waals surface area contributed by atoms with Crippen LogP contribution in [0.25, 0.3) is 0 Å². The fourth-order valence-electron chi connectivity index (χ4n) is 4.51. The molecule has 2 aliphatic rings. The van der Waals surface area contributed by atoms with Gasteiger partial charge in [-0.05, 0) is 74.6 Å². The van der Waals surface area contributed by atoms with Gasteiger partial charge in [-0.25, -0.2) is 12.8 Å². The summed E-state index contributed by atoms with van der Waals surface area (Å²) in [6, 6.07) is 10.3. The summed E-state index contributed by atoms with van der Waals surface area (Å²) in [5, 5.41) is 2.91. The Kier molecular flexibility index (Phi) is 7.33. The van der Waals surface area contributed by atoms with E-state index in [9.17, 15) is 22.4 Å². The van der Waals surface area contributed by atoms with E-state index in [0.29, 0.717) is 50.3 Å². The predicted octanol–water partition coefficient (Wildman–Crippen LogP) is 3.80. The van der Waals surface area contributed by atoms with Crippen LogP contribution < -0.4 is 5.32 Å². The molecule has 7 nitrogen and oxygen atoms in total. The number of halogens is 1. The van der Waals surface area contributed by atoms with E-state index in [2.05, 4.69) is 5.32 Å². The summed E-state index contributed by atoms with van der Waals surface area (Å²) in [6.07, 6.45) is 3.76. The van der Waals surface area contributed by atoms with Crippen LogP contribution in [-0.4, -0.2) is 55.6 Å². The summed E-state index contributed by atoms with van der Waals surface area (Å²) >= 11 is 0. The van der Waals surface area contributed by atoms with E-state index in [-0.39, 0.29) is 22.6 Å². The Bertz CT molecular complexity index is 1150. The number of nitrogens with one attached hydrogen (secondary N) is 1. The lowest BCUT2D eigenvalue weighted by molar-refractivity contribution is -0.121. The molecule has 2 aromatic carbocycles. The maximum atomic E-state index is 13.1. The van der Waals surface area contributed by atoms with Gasteiger partial charge in [-0.3, -0.25) is 9.59 Å². The first kappa shape index (κ1) is 24.3. The lowest BCUT2D eigenvalue weighted by atomic mass is 9.95. The van der Waals surface area contributed by atoms with Crippen molar-refractivity contribution in [2.24, 2.45) is 5.92 Å². The summed E-state index contributed by atoms with van der Waals surface area (Å²) < 4.78 is 40.7. The monoisotopic (exact) mass is 487 g/mol. The summed E-state index contributed by atoms with van der Waals surface area (Å²) in [4.78, 5) is 27.4. The first-order valence-corrected chi connectivity index (χ1v) is 13.2. The molecular weight excluding hydrogens is 457 g/mol. The maximum absolute atomic E-state index is 13.1. The van der Waals surface area contributed by atoms with Gasteiger partial charge in [0.15, 0.2) is 0 Å². The number of benzene rings is 2. The van der Waals surface area contributed by atoms with Gasteiger partial charge >= 0.3 is 0 Å². The molecule has 2 aliphatic heterocycles. The molecule has 0 radical (unpaired) electrons.